The van der Waals surface area contributed by atoms with Gasteiger partial charge in [0.05, 0.1) is 43.1 Å². The number of aryl methyl sites for hydroxylation is 2. The molecule has 1 saturated heterocycles. The number of nitrogen functional groups attached to an aromatic ring is 1. The number of phosphoric acid groups is 2. The van der Waals surface area contributed by atoms with Crippen LogP contribution in [0.3, 0.4) is 0 Å². The molecule has 28 heteroatoms. The van der Waals surface area contributed by atoms with Crippen LogP contribution in [0.4, 0.5) is 5.82 Å². The van der Waals surface area contributed by atoms with Gasteiger partial charge in [-0.3, -0.25) is 18.5 Å². The number of hydrogen-bond donors (Lipinski definition) is 7. The summed E-state index contributed by atoms with van der Waals surface area (Å²) in [5, 5.41) is 64.9. The van der Waals surface area contributed by atoms with Gasteiger partial charge in [-0.25, -0.2) is 38.8 Å². The van der Waals surface area contributed by atoms with Gasteiger partial charge >= 0.3 is 66.9 Å². The Bertz CT molecular complexity index is 2300. The first-order chi connectivity index (χ1) is 24.9. The predicted molar refractivity (Wildman–Crippen MR) is 171 cm³/mol. The Morgan fingerprint density at radius 2 is 1.69 bits per heavy atom. The van der Waals surface area contributed by atoms with E-state index in [2.05, 4.69) is 43.3 Å². The van der Waals surface area contributed by atoms with Crippen LogP contribution in [0.25, 0.3) is 33.7 Å². The van der Waals surface area contributed by atoms with Gasteiger partial charge in [0.1, 0.15) is 48.5 Å². The van der Waals surface area contributed by atoms with E-state index in [1.54, 1.807) is 26.0 Å². The largest absolute Gasteiger partial charge is 1.00 e. The zero-order chi connectivity index (χ0) is 38.6. The van der Waals surface area contributed by atoms with Gasteiger partial charge in [0, 0.05) is 0 Å². The minimum atomic E-state index is -5.80. The van der Waals surface area contributed by atoms with Crippen molar-refractivity contribution >= 4 is 43.7 Å². The number of fused-ring (bicyclic) bond motifs is 3. The Morgan fingerprint density at radius 3 is 2.40 bits per heavy atom. The molecule has 8 N–H and O–H groups in total. The number of hydrogen-bond acceptors (Lipinski definition) is 21. The molecular formula is C27H31N9Na2O15P2. The van der Waals surface area contributed by atoms with E-state index in [4.69, 9.17) is 10.5 Å². The van der Waals surface area contributed by atoms with E-state index in [9.17, 15) is 54.4 Å². The van der Waals surface area contributed by atoms with E-state index >= 15 is 0 Å². The molecule has 5 heterocycles. The van der Waals surface area contributed by atoms with Crippen molar-refractivity contribution in [3.05, 3.63) is 46.3 Å². The second-order valence-electron chi connectivity index (χ2n) is 12.0. The molecule has 3 aliphatic rings. The molecule has 2 unspecified atom stereocenters. The average Bonchev–Trinajstić information content (AvgIpc) is 3.63. The Balaban J connectivity index is 0.00000336. The summed E-state index contributed by atoms with van der Waals surface area (Å²) in [7, 11) is -11.3. The van der Waals surface area contributed by atoms with Crippen LogP contribution in [0.15, 0.2) is 29.6 Å². The van der Waals surface area contributed by atoms with Crippen molar-refractivity contribution in [3.63, 3.8) is 0 Å². The number of ether oxygens (including phenoxy) is 1. The smallest absolute Gasteiger partial charge is 0.844 e. The first-order valence-electron chi connectivity index (χ1n) is 15.4. The number of nitrogens with zero attached hydrogens (tertiary/aromatic N) is 8. The third-order valence-corrected chi connectivity index (χ3v) is 10.9. The Kier molecular flexibility index (Phi) is 14.7. The molecule has 2 aromatic heterocycles. The third kappa shape index (κ3) is 9.78. The van der Waals surface area contributed by atoms with Crippen molar-refractivity contribution in [3.8, 4) is 17.5 Å². The fourth-order valence-corrected chi connectivity index (χ4v) is 7.57. The molecule has 55 heavy (non-hydrogen) atoms. The van der Waals surface area contributed by atoms with Gasteiger partial charge < -0.3 is 60.0 Å². The van der Waals surface area contributed by atoms with E-state index in [0.717, 1.165) is 17.5 Å². The quantitative estimate of drug-likeness (QED) is 0.0329. The van der Waals surface area contributed by atoms with Crippen molar-refractivity contribution in [2.45, 2.75) is 63.2 Å². The van der Waals surface area contributed by atoms with Crippen molar-refractivity contribution in [2.24, 2.45) is 0 Å². The Morgan fingerprint density at radius 1 is 1.00 bits per heavy atom. The van der Waals surface area contributed by atoms with Crippen LogP contribution in [-0.2, 0) is 33.8 Å². The van der Waals surface area contributed by atoms with Gasteiger partial charge in [0.15, 0.2) is 29.2 Å². The minimum Gasteiger partial charge on any atom is -0.844 e. The van der Waals surface area contributed by atoms with E-state index in [1.807, 2.05) is 0 Å². The van der Waals surface area contributed by atoms with E-state index in [1.165, 1.54) is 15.5 Å². The van der Waals surface area contributed by atoms with Gasteiger partial charge in [-0.15, -0.1) is 0 Å². The second kappa shape index (κ2) is 17.8. The second-order valence-corrected chi connectivity index (χ2v) is 15.0. The third-order valence-electron chi connectivity index (χ3n) is 8.35. The number of phosphoric ester groups is 2. The van der Waals surface area contributed by atoms with Gasteiger partial charge in [-0.05, 0) is 37.1 Å². The predicted octanol–water partition coefficient (Wildman–Crippen LogP) is -9.27. The molecule has 3 aliphatic heterocycles. The summed E-state index contributed by atoms with van der Waals surface area (Å²) < 4.78 is 46.1. The number of nitrogens with two attached hydrogens (primary N) is 1. The molecule has 0 saturated carbocycles. The number of aromatic nitrogens is 8. The molecule has 6 rings (SSSR count). The summed E-state index contributed by atoms with van der Waals surface area (Å²) in [6.07, 6.45) is -10.1. The normalized spacial score (nSPS) is 22.4. The molecule has 286 valence electrons. The first-order valence-corrected chi connectivity index (χ1v) is 18.3. The fourth-order valence-electron chi connectivity index (χ4n) is 5.51. The van der Waals surface area contributed by atoms with Gasteiger partial charge in [0.2, 0.25) is 0 Å². The maximum absolute atomic E-state index is 12.5. The van der Waals surface area contributed by atoms with Crippen molar-refractivity contribution in [2.75, 3.05) is 18.9 Å². The minimum absolute atomic E-state index is 0. The number of rotatable bonds is 13. The average molecular weight is 830 g/mol. The topological polar surface area (TPSA) is 369 Å². The van der Waals surface area contributed by atoms with Crippen LogP contribution in [0.1, 0.15) is 17.4 Å². The number of aliphatic hydroxyl groups excluding tert-OH is 5. The first kappa shape index (κ1) is 45.6. The monoisotopic (exact) mass is 829 g/mol. The number of imidazole rings is 1. The molecule has 0 spiro atoms. The Hall–Kier alpha value is -2.13. The zero-order valence-corrected chi connectivity index (χ0v) is 35.2. The maximum Gasteiger partial charge on any atom is 1.00 e. The van der Waals surface area contributed by atoms with Crippen LogP contribution in [0, 0.1) is 13.8 Å². The summed E-state index contributed by atoms with van der Waals surface area (Å²) in [5.74, 6) is -0.260. The van der Waals surface area contributed by atoms with Crippen molar-refractivity contribution in [1.29, 1.82) is 0 Å². The zero-order valence-electron chi connectivity index (χ0n) is 29.4. The van der Waals surface area contributed by atoms with Crippen LogP contribution < -0.4 is 80.4 Å². The van der Waals surface area contributed by atoms with Crippen LogP contribution >= 0.6 is 15.6 Å². The summed E-state index contributed by atoms with van der Waals surface area (Å²) in [5.41, 5.74) is 6.81. The maximum atomic E-state index is 12.5. The van der Waals surface area contributed by atoms with Crippen molar-refractivity contribution < 1.29 is 127 Å². The molecular weight excluding hydrogens is 798 g/mol. The molecule has 1 aromatic carbocycles. The van der Waals surface area contributed by atoms with Crippen molar-refractivity contribution in [1.82, 2.24) is 39.0 Å². The van der Waals surface area contributed by atoms with Crippen LogP contribution in [0.2, 0.25) is 0 Å². The van der Waals surface area contributed by atoms with Crippen LogP contribution in [-0.4, -0.2) is 119 Å². The van der Waals surface area contributed by atoms with E-state index < -0.39 is 89.8 Å². The van der Waals surface area contributed by atoms with Crippen LogP contribution in [0.5, 0.6) is 6.01 Å². The summed E-state index contributed by atoms with van der Waals surface area (Å²) in [6.45, 7) is 0.643. The standard InChI is InChI=1S/C27H33N9O15P2.2Na/c1-10-3-12-13(4-11(10)2)35(24-18(32-12)25(42)34-27(43)33-24)5-14(37)19(39)15(38)6-48-52(44,45)51-53(46,47)49-7-16-20(40)21(41)26(50-16)36-9-31-17-22(28)29-8-30-23(17)36;;/h3-4,8-9,14-16,19-21,26,37-41H,5-7H2,1-2H3,(H,44,45)(H,46,47)(H2,28,29,30)(H,34,42,43);;/q;2*+1/p-2/t14-,15+,16+,19-,20+,21+,26+;;/m0../s1. The summed E-state index contributed by atoms with van der Waals surface area (Å²) >= 11 is 0. The molecule has 0 radical (unpaired) electrons. The van der Waals surface area contributed by atoms with Gasteiger partial charge in [0.25, 0.3) is 13.4 Å². The van der Waals surface area contributed by atoms with Gasteiger partial charge in [-0.2, -0.15) is 0 Å². The SMILES string of the molecule is Cc1cc2nc3c(=O)nc([O-])nc-3n(C[C@H](O)[C@H](O)[C@H](O)COP(=O)([O-])OP(=O)(O)OC[C@H]3O[C@@H](n4cnc5c(N)ncnc54)[C@H](O)[C@@H]3O)c2cc1C.[Na+].[Na+]. The molecule has 0 bridgehead atoms. The van der Waals surface area contributed by atoms with E-state index in [0.29, 0.717) is 0 Å². The molecule has 0 aliphatic carbocycles. The van der Waals surface area contributed by atoms with Gasteiger partial charge in [-0.1, -0.05) is 0 Å². The summed E-state index contributed by atoms with van der Waals surface area (Å²) in [4.78, 5) is 57.9. The molecule has 0 amide bonds. The molecule has 24 nitrogen and oxygen atoms in total. The molecule has 9 atom stereocenters. The number of aliphatic hydroxyl groups is 5. The number of benzene rings is 1. The molecule has 1 fully saturated rings. The molecule has 3 aromatic rings. The Labute approximate surface area is 353 Å². The number of anilines is 1. The summed E-state index contributed by atoms with van der Waals surface area (Å²) in [6, 6.07) is 2.12. The fraction of sp³-hybridized carbons (Fsp3) is 0.444. The van der Waals surface area contributed by atoms with E-state index in [-0.39, 0.29) is 98.6 Å².